The Morgan fingerprint density at radius 1 is 0.794 bits per heavy atom. The van der Waals surface area contributed by atoms with Gasteiger partial charge in [0.05, 0.1) is 6.61 Å². The zero-order valence-corrected chi connectivity index (χ0v) is 22.3. The number of hydrogen-bond acceptors (Lipinski definition) is 3. The molecular weight excluding hydrogens is 434 g/mol. The molecule has 0 saturated heterocycles. The van der Waals surface area contributed by atoms with Gasteiger partial charge in [-0.05, 0) is 61.2 Å². The molecule has 3 heteroatoms. The summed E-state index contributed by atoms with van der Waals surface area (Å²) < 4.78 is 5.57. The SMILES string of the molecule is CCC.CCCCCN.CCOc1ccc(CC2c3ccccc3SC2c2ccccc2)cc1. The molecule has 0 radical (unpaired) electrons. The monoisotopic (exact) mass is 477 g/mol. The lowest BCUT2D eigenvalue weighted by Crippen LogP contribution is -2.07. The van der Waals surface area contributed by atoms with Crippen LogP contribution in [0.2, 0.25) is 0 Å². The normalized spacial score (nSPS) is 15.9. The smallest absolute Gasteiger partial charge is 0.119 e. The van der Waals surface area contributed by atoms with Crippen molar-refractivity contribution in [1.29, 1.82) is 0 Å². The van der Waals surface area contributed by atoms with Gasteiger partial charge in [0.1, 0.15) is 5.75 Å². The van der Waals surface area contributed by atoms with Crippen molar-refractivity contribution in [1.82, 2.24) is 0 Å². The molecule has 34 heavy (non-hydrogen) atoms. The highest BCUT2D eigenvalue weighted by molar-refractivity contribution is 8.00. The van der Waals surface area contributed by atoms with E-state index >= 15 is 0 Å². The molecule has 1 aliphatic rings. The summed E-state index contributed by atoms with van der Waals surface area (Å²) in [7, 11) is 0. The van der Waals surface area contributed by atoms with Gasteiger partial charge in [0.15, 0.2) is 0 Å². The highest BCUT2D eigenvalue weighted by Gasteiger charge is 2.34. The fraction of sp³-hybridized carbons (Fsp3) is 0.419. The van der Waals surface area contributed by atoms with E-state index in [1.54, 1.807) is 0 Å². The summed E-state index contributed by atoms with van der Waals surface area (Å²) in [5.74, 6) is 1.45. The lowest BCUT2D eigenvalue weighted by atomic mass is 9.86. The van der Waals surface area contributed by atoms with E-state index in [1.165, 1.54) is 47.3 Å². The number of benzene rings is 3. The van der Waals surface area contributed by atoms with Crippen LogP contribution in [0.5, 0.6) is 5.75 Å². The van der Waals surface area contributed by atoms with Crippen LogP contribution < -0.4 is 10.5 Å². The molecule has 3 aromatic rings. The van der Waals surface area contributed by atoms with Crippen LogP contribution in [0.1, 0.15) is 81.2 Å². The van der Waals surface area contributed by atoms with Crippen LogP contribution in [0, 0.1) is 0 Å². The van der Waals surface area contributed by atoms with Crippen LogP contribution in [0.15, 0.2) is 83.8 Å². The van der Waals surface area contributed by atoms with E-state index < -0.39 is 0 Å². The zero-order valence-electron chi connectivity index (χ0n) is 21.5. The van der Waals surface area contributed by atoms with E-state index in [0.717, 1.165) is 18.7 Å². The molecule has 0 spiro atoms. The van der Waals surface area contributed by atoms with Gasteiger partial charge in [-0.1, -0.05) is 101 Å². The number of rotatable bonds is 8. The van der Waals surface area contributed by atoms with Gasteiger partial charge in [0.2, 0.25) is 0 Å². The minimum Gasteiger partial charge on any atom is -0.494 e. The molecule has 1 aliphatic heterocycles. The topological polar surface area (TPSA) is 35.2 Å². The fourth-order valence-corrected chi connectivity index (χ4v) is 5.46. The number of ether oxygens (including phenoxy) is 1. The summed E-state index contributed by atoms with van der Waals surface area (Å²) in [6.45, 7) is 10.0. The Labute approximate surface area is 212 Å². The highest BCUT2D eigenvalue weighted by atomic mass is 32.2. The van der Waals surface area contributed by atoms with Crippen LogP contribution in [0.25, 0.3) is 0 Å². The Morgan fingerprint density at radius 3 is 2.03 bits per heavy atom. The third kappa shape index (κ3) is 8.85. The van der Waals surface area contributed by atoms with Crippen molar-refractivity contribution in [3.63, 3.8) is 0 Å². The minimum absolute atomic E-state index is 0.477. The van der Waals surface area contributed by atoms with Gasteiger partial charge in [-0.3, -0.25) is 0 Å². The molecule has 2 N–H and O–H groups in total. The molecule has 1 heterocycles. The molecule has 0 amide bonds. The molecule has 184 valence electrons. The Hall–Kier alpha value is -2.23. The van der Waals surface area contributed by atoms with Gasteiger partial charge in [-0.25, -0.2) is 0 Å². The Morgan fingerprint density at radius 2 is 1.44 bits per heavy atom. The van der Waals surface area contributed by atoms with Gasteiger partial charge < -0.3 is 10.5 Å². The molecule has 4 rings (SSSR count). The second-order valence-electron chi connectivity index (χ2n) is 8.58. The number of unbranched alkanes of at least 4 members (excludes halogenated alkanes) is 2. The highest BCUT2D eigenvalue weighted by Crippen LogP contribution is 2.55. The van der Waals surface area contributed by atoms with Crippen molar-refractivity contribution in [3.05, 3.63) is 95.6 Å². The van der Waals surface area contributed by atoms with Crippen molar-refractivity contribution >= 4 is 11.8 Å². The maximum Gasteiger partial charge on any atom is 0.119 e. The molecule has 2 nitrogen and oxygen atoms in total. The number of nitrogens with two attached hydrogens (primary N) is 1. The van der Waals surface area contributed by atoms with Crippen LogP contribution in [0.3, 0.4) is 0 Å². The molecule has 0 bridgehead atoms. The molecule has 0 aliphatic carbocycles. The van der Waals surface area contributed by atoms with E-state index in [9.17, 15) is 0 Å². The number of thioether (sulfide) groups is 1. The van der Waals surface area contributed by atoms with Gasteiger partial charge in [0, 0.05) is 16.1 Å². The predicted molar refractivity (Wildman–Crippen MR) is 150 cm³/mol. The van der Waals surface area contributed by atoms with E-state index in [4.69, 9.17) is 10.5 Å². The summed E-state index contributed by atoms with van der Waals surface area (Å²) in [4.78, 5) is 1.42. The minimum atomic E-state index is 0.477. The lowest BCUT2D eigenvalue weighted by molar-refractivity contribution is 0.340. The summed E-state index contributed by atoms with van der Waals surface area (Å²) in [5.41, 5.74) is 9.48. The first kappa shape index (κ1) is 28.0. The molecule has 0 saturated carbocycles. The van der Waals surface area contributed by atoms with E-state index in [1.807, 2.05) is 18.7 Å². The van der Waals surface area contributed by atoms with Crippen molar-refractivity contribution in [2.24, 2.45) is 5.73 Å². The zero-order chi connectivity index (χ0) is 24.6. The molecule has 0 fully saturated rings. The molecule has 2 unspecified atom stereocenters. The average Bonchev–Trinajstić information content (AvgIpc) is 3.24. The lowest BCUT2D eigenvalue weighted by Gasteiger charge is -2.20. The average molecular weight is 478 g/mol. The summed E-state index contributed by atoms with van der Waals surface area (Å²) in [6, 6.07) is 28.4. The van der Waals surface area contributed by atoms with Gasteiger partial charge in [-0.2, -0.15) is 0 Å². The van der Waals surface area contributed by atoms with Crippen molar-refractivity contribution in [2.75, 3.05) is 13.2 Å². The van der Waals surface area contributed by atoms with Crippen LogP contribution in [-0.2, 0) is 6.42 Å². The standard InChI is InChI=1S/C23H22OS.C5H13N.C3H8/c1-2-24-19-14-12-17(13-15-19)16-21-20-10-6-7-11-22(20)25-23(21)18-8-4-3-5-9-18;1-2-3-4-5-6;1-3-2/h3-15,21,23H,2,16H2,1H3;2-6H2,1H3;3H2,1-2H3. The molecule has 2 atom stereocenters. The quantitative estimate of drug-likeness (QED) is 0.329. The summed E-state index contributed by atoms with van der Waals surface area (Å²) in [5, 5.41) is 0.477. The number of hydrogen-bond donors (Lipinski definition) is 1. The van der Waals surface area contributed by atoms with Crippen LogP contribution >= 0.6 is 11.8 Å². The first-order chi connectivity index (χ1) is 16.7. The first-order valence-corrected chi connectivity index (χ1v) is 13.8. The molecular formula is C31H43NOS. The maximum atomic E-state index is 5.57. The van der Waals surface area contributed by atoms with Gasteiger partial charge in [0.25, 0.3) is 0 Å². The second kappa shape index (κ2) is 16.4. The summed E-state index contributed by atoms with van der Waals surface area (Å²) in [6.07, 6.45) is 6.06. The summed E-state index contributed by atoms with van der Waals surface area (Å²) >= 11 is 2.00. The third-order valence-corrected chi connectivity index (χ3v) is 7.04. The van der Waals surface area contributed by atoms with Gasteiger partial charge >= 0.3 is 0 Å². The van der Waals surface area contributed by atoms with E-state index in [2.05, 4.69) is 99.6 Å². The Balaban J connectivity index is 0.000000391. The second-order valence-corrected chi connectivity index (χ2v) is 9.76. The van der Waals surface area contributed by atoms with Crippen molar-refractivity contribution in [3.8, 4) is 5.75 Å². The molecule has 3 aromatic carbocycles. The largest absolute Gasteiger partial charge is 0.494 e. The predicted octanol–water partition coefficient (Wildman–Crippen LogP) is 8.81. The first-order valence-electron chi connectivity index (χ1n) is 12.9. The van der Waals surface area contributed by atoms with Crippen molar-refractivity contribution < 1.29 is 4.74 Å². The van der Waals surface area contributed by atoms with Crippen LogP contribution in [0.4, 0.5) is 0 Å². The fourth-order valence-electron chi connectivity index (χ4n) is 3.97. The number of fused-ring (bicyclic) bond motifs is 1. The Kier molecular flexibility index (Phi) is 13.5. The van der Waals surface area contributed by atoms with Crippen molar-refractivity contribution in [2.45, 2.75) is 75.9 Å². The van der Waals surface area contributed by atoms with E-state index in [0.29, 0.717) is 17.8 Å². The van der Waals surface area contributed by atoms with E-state index in [-0.39, 0.29) is 0 Å². The maximum absolute atomic E-state index is 5.57. The van der Waals surface area contributed by atoms with Gasteiger partial charge in [-0.15, -0.1) is 11.8 Å². The van der Waals surface area contributed by atoms with Crippen LogP contribution in [-0.4, -0.2) is 13.2 Å². The third-order valence-electron chi connectivity index (χ3n) is 5.56. The Bertz CT molecular complexity index is 906. The molecule has 0 aromatic heterocycles.